The summed E-state index contributed by atoms with van der Waals surface area (Å²) >= 11 is 0. The van der Waals surface area contributed by atoms with Gasteiger partial charge < -0.3 is 10.4 Å². The quantitative estimate of drug-likeness (QED) is 0.759. The lowest BCUT2D eigenvalue weighted by Crippen LogP contribution is -2.38. The van der Waals surface area contributed by atoms with Crippen LogP contribution in [0.3, 0.4) is 0 Å². The topological polar surface area (TPSA) is 67.2 Å². The molecule has 24 heavy (non-hydrogen) atoms. The van der Waals surface area contributed by atoms with Gasteiger partial charge in [-0.2, -0.15) is 5.10 Å². The highest BCUT2D eigenvalue weighted by Crippen LogP contribution is 2.19. The molecule has 1 unspecified atom stereocenters. The number of rotatable bonds is 5. The SMILES string of the molecule is CC(O)(CNC(=O)c1cccc(-n2cccn2)c1)c1ccccc1. The van der Waals surface area contributed by atoms with Crippen LogP contribution in [0.5, 0.6) is 0 Å². The highest BCUT2D eigenvalue weighted by molar-refractivity contribution is 5.94. The van der Waals surface area contributed by atoms with Gasteiger partial charge in [0.1, 0.15) is 5.60 Å². The zero-order chi connectivity index (χ0) is 17.0. The predicted molar refractivity (Wildman–Crippen MR) is 91.9 cm³/mol. The van der Waals surface area contributed by atoms with Gasteiger partial charge in [0.15, 0.2) is 0 Å². The van der Waals surface area contributed by atoms with Crippen LogP contribution in [0, 0.1) is 0 Å². The maximum atomic E-state index is 12.4. The van der Waals surface area contributed by atoms with Crippen LogP contribution >= 0.6 is 0 Å². The van der Waals surface area contributed by atoms with Crippen LogP contribution in [0.2, 0.25) is 0 Å². The number of benzene rings is 2. The van der Waals surface area contributed by atoms with Gasteiger partial charge in [-0.05, 0) is 36.8 Å². The summed E-state index contributed by atoms with van der Waals surface area (Å²) in [5.41, 5.74) is 0.959. The number of carbonyl (C=O) groups is 1. The Morgan fingerprint density at radius 1 is 1.17 bits per heavy atom. The summed E-state index contributed by atoms with van der Waals surface area (Å²) < 4.78 is 1.69. The van der Waals surface area contributed by atoms with E-state index in [4.69, 9.17) is 0 Å². The molecule has 0 saturated heterocycles. The lowest BCUT2D eigenvalue weighted by Gasteiger charge is -2.24. The van der Waals surface area contributed by atoms with E-state index in [0.717, 1.165) is 11.3 Å². The molecule has 3 aromatic rings. The summed E-state index contributed by atoms with van der Waals surface area (Å²) in [7, 11) is 0. The second-order valence-electron chi connectivity index (χ2n) is 5.82. The second-order valence-corrected chi connectivity index (χ2v) is 5.82. The van der Waals surface area contributed by atoms with Gasteiger partial charge in [-0.1, -0.05) is 36.4 Å². The van der Waals surface area contributed by atoms with Crippen LogP contribution in [0.4, 0.5) is 0 Å². The average molecular weight is 321 g/mol. The van der Waals surface area contributed by atoms with Gasteiger partial charge in [0.05, 0.1) is 12.2 Å². The highest BCUT2D eigenvalue weighted by Gasteiger charge is 2.23. The molecule has 1 aromatic heterocycles. The minimum absolute atomic E-state index is 0.127. The third-order valence-electron chi connectivity index (χ3n) is 3.87. The van der Waals surface area contributed by atoms with Crippen molar-refractivity contribution in [1.29, 1.82) is 0 Å². The van der Waals surface area contributed by atoms with Gasteiger partial charge in [0.2, 0.25) is 0 Å². The summed E-state index contributed by atoms with van der Waals surface area (Å²) in [6, 6.07) is 18.3. The average Bonchev–Trinajstić information content (AvgIpc) is 3.15. The van der Waals surface area contributed by atoms with E-state index in [1.165, 1.54) is 0 Å². The third kappa shape index (κ3) is 3.52. The number of carbonyl (C=O) groups excluding carboxylic acids is 1. The Morgan fingerprint density at radius 2 is 1.96 bits per heavy atom. The number of nitrogens with zero attached hydrogens (tertiary/aromatic N) is 2. The molecule has 1 amide bonds. The van der Waals surface area contributed by atoms with E-state index in [-0.39, 0.29) is 12.5 Å². The Bertz CT molecular complexity index is 812. The van der Waals surface area contributed by atoms with Crippen molar-refractivity contribution in [3.05, 3.63) is 84.2 Å². The van der Waals surface area contributed by atoms with Crippen molar-refractivity contribution in [3.63, 3.8) is 0 Å². The third-order valence-corrected chi connectivity index (χ3v) is 3.87. The van der Waals surface area contributed by atoms with E-state index >= 15 is 0 Å². The van der Waals surface area contributed by atoms with E-state index in [1.54, 1.807) is 36.0 Å². The van der Waals surface area contributed by atoms with Crippen molar-refractivity contribution in [1.82, 2.24) is 15.1 Å². The predicted octanol–water partition coefficient (Wildman–Crippen LogP) is 2.51. The lowest BCUT2D eigenvalue weighted by molar-refractivity contribution is 0.0526. The van der Waals surface area contributed by atoms with Gasteiger partial charge in [0.25, 0.3) is 5.91 Å². The summed E-state index contributed by atoms with van der Waals surface area (Å²) in [5, 5.41) is 17.5. The molecule has 122 valence electrons. The number of nitrogens with one attached hydrogen (secondary N) is 1. The van der Waals surface area contributed by atoms with E-state index in [2.05, 4.69) is 10.4 Å². The first kappa shape index (κ1) is 16.0. The molecule has 0 saturated carbocycles. The number of hydrogen-bond donors (Lipinski definition) is 2. The number of amides is 1. The van der Waals surface area contributed by atoms with Gasteiger partial charge in [-0.25, -0.2) is 4.68 Å². The van der Waals surface area contributed by atoms with Crippen LogP contribution in [-0.4, -0.2) is 27.3 Å². The molecule has 0 radical (unpaired) electrons. The molecule has 5 heteroatoms. The molecule has 0 aliphatic heterocycles. The van der Waals surface area contributed by atoms with Crippen molar-refractivity contribution in [2.24, 2.45) is 0 Å². The smallest absolute Gasteiger partial charge is 0.251 e. The van der Waals surface area contributed by atoms with E-state index in [1.807, 2.05) is 48.7 Å². The molecular weight excluding hydrogens is 302 g/mol. The Morgan fingerprint density at radius 3 is 2.67 bits per heavy atom. The van der Waals surface area contributed by atoms with E-state index in [9.17, 15) is 9.90 Å². The minimum atomic E-state index is -1.13. The Balaban J connectivity index is 1.70. The van der Waals surface area contributed by atoms with Crippen molar-refractivity contribution in [2.75, 3.05) is 6.54 Å². The second kappa shape index (κ2) is 6.68. The molecule has 0 aliphatic carbocycles. The van der Waals surface area contributed by atoms with E-state index < -0.39 is 5.60 Å². The summed E-state index contributed by atoms with van der Waals surface area (Å²) in [6.45, 7) is 1.81. The molecule has 2 N–H and O–H groups in total. The molecule has 5 nitrogen and oxygen atoms in total. The largest absolute Gasteiger partial charge is 0.384 e. The Labute approximate surface area is 140 Å². The van der Waals surface area contributed by atoms with Crippen molar-refractivity contribution >= 4 is 5.91 Å². The first-order chi connectivity index (χ1) is 11.6. The summed E-state index contributed by atoms with van der Waals surface area (Å²) in [5.74, 6) is -0.236. The molecule has 0 aliphatic rings. The van der Waals surface area contributed by atoms with Gasteiger partial charge >= 0.3 is 0 Å². The fourth-order valence-electron chi connectivity index (χ4n) is 2.46. The van der Waals surface area contributed by atoms with Crippen LogP contribution in [0.15, 0.2) is 73.1 Å². The van der Waals surface area contributed by atoms with Crippen LogP contribution in [0.25, 0.3) is 5.69 Å². The summed E-state index contributed by atoms with van der Waals surface area (Å²) in [6.07, 6.45) is 3.50. The number of aromatic nitrogens is 2. The monoisotopic (exact) mass is 321 g/mol. The van der Waals surface area contributed by atoms with Crippen LogP contribution < -0.4 is 5.32 Å². The summed E-state index contributed by atoms with van der Waals surface area (Å²) in [4.78, 5) is 12.4. The standard InChI is InChI=1S/C19H19N3O2/c1-19(24,16-8-3-2-4-9-16)14-20-18(23)15-7-5-10-17(13-15)22-12-6-11-21-22/h2-13,24H,14H2,1H3,(H,20,23). The molecule has 3 rings (SSSR count). The van der Waals surface area contributed by atoms with Crippen molar-refractivity contribution < 1.29 is 9.90 Å². The minimum Gasteiger partial charge on any atom is -0.384 e. The van der Waals surface area contributed by atoms with Crippen molar-refractivity contribution in [2.45, 2.75) is 12.5 Å². The number of aliphatic hydroxyl groups is 1. The van der Waals surface area contributed by atoms with Gasteiger partial charge in [-0.15, -0.1) is 0 Å². The van der Waals surface area contributed by atoms with Crippen LogP contribution in [0.1, 0.15) is 22.8 Å². The molecular formula is C19H19N3O2. The highest BCUT2D eigenvalue weighted by atomic mass is 16.3. The zero-order valence-corrected chi connectivity index (χ0v) is 13.4. The Hall–Kier alpha value is -2.92. The lowest BCUT2D eigenvalue weighted by atomic mass is 9.96. The maximum Gasteiger partial charge on any atom is 0.251 e. The van der Waals surface area contributed by atoms with E-state index in [0.29, 0.717) is 5.56 Å². The molecule has 1 atom stereocenters. The molecule has 0 fully saturated rings. The van der Waals surface area contributed by atoms with Crippen molar-refractivity contribution in [3.8, 4) is 5.69 Å². The van der Waals surface area contributed by atoms with Gasteiger partial charge in [-0.3, -0.25) is 4.79 Å². The first-order valence-electron chi connectivity index (χ1n) is 7.72. The van der Waals surface area contributed by atoms with Gasteiger partial charge in [0, 0.05) is 18.0 Å². The molecule has 0 bridgehead atoms. The van der Waals surface area contributed by atoms with Crippen LogP contribution in [-0.2, 0) is 5.60 Å². The first-order valence-corrected chi connectivity index (χ1v) is 7.72. The fourth-order valence-corrected chi connectivity index (χ4v) is 2.46. The maximum absolute atomic E-state index is 12.4. The molecule has 0 spiro atoms. The normalized spacial score (nSPS) is 13.2. The molecule has 1 heterocycles. The Kier molecular flexibility index (Phi) is 4.44. The fraction of sp³-hybridized carbons (Fsp3) is 0.158. The zero-order valence-electron chi connectivity index (χ0n) is 13.4. The molecule has 2 aromatic carbocycles. The number of hydrogen-bond acceptors (Lipinski definition) is 3.